The Morgan fingerprint density at radius 1 is 1.40 bits per heavy atom. The maximum atomic E-state index is 5.38. The van der Waals surface area contributed by atoms with Crippen LogP contribution in [0.1, 0.15) is 56.2 Å². The lowest BCUT2D eigenvalue weighted by Crippen LogP contribution is -2.01. The van der Waals surface area contributed by atoms with Crippen molar-refractivity contribution in [2.24, 2.45) is 0 Å². The third kappa shape index (κ3) is 2.59. The quantitative estimate of drug-likeness (QED) is 0.809. The average Bonchev–Trinajstić information content (AvgIpc) is 3.11. The Balaban J connectivity index is 2.04. The lowest BCUT2D eigenvalue weighted by atomic mass is 10.2. The van der Waals surface area contributed by atoms with Gasteiger partial charge in [-0.3, -0.25) is 9.67 Å². The van der Waals surface area contributed by atoms with Crippen LogP contribution in [0.15, 0.2) is 0 Å². The van der Waals surface area contributed by atoms with Crippen LogP contribution >= 0.6 is 23.6 Å². The molecule has 108 valence electrons. The van der Waals surface area contributed by atoms with E-state index in [2.05, 4.69) is 28.6 Å². The molecule has 0 aliphatic heterocycles. The molecule has 1 aliphatic rings. The fourth-order valence-corrected chi connectivity index (χ4v) is 3.65. The first-order chi connectivity index (χ1) is 9.74. The molecule has 1 aliphatic carbocycles. The maximum absolute atomic E-state index is 5.38. The molecule has 20 heavy (non-hydrogen) atoms. The summed E-state index contributed by atoms with van der Waals surface area (Å²) in [5.74, 6) is 1.63. The van der Waals surface area contributed by atoms with E-state index in [4.69, 9.17) is 17.2 Å². The number of nitrogens with zero attached hydrogens (tertiary/aromatic N) is 3. The van der Waals surface area contributed by atoms with E-state index in [1.54, 1.807) is 11.3 Å². The number of unbranched alkanes of at least 4 members (excludes halogenated alkanes) is 1. The van der Waals surface area contributed by atoms with Crippen LogP contribution in [-0.2, 0) is 13.0 Å². The summed E-state index contributed by atoms with van der Waals surface area (Å²) in [7, 11) is 0. The zero-order valence-corrected chi connectivity index (χ0v) is 13.6. The first kappa shape index (κ1) is 13.9. The summed E-state index contributed by atoms with van der Waals surface area (Å²) in [6, 6.07) is 0. The third-order valence-corrected chi connectivity index (χ3v) is 5.18. The number of thiazole rings is 1. The van der Waals surface area contributed by atoms with Crippen LogP contribution in [0.3, 0.4) is 0 Å². The summed E-state index contributed by atoms with van der Waals surface area (Å²) in [5.41, 5.74) is 1.25. The molecule has 0 amide bonds. The predicted octanol–water partition coefficient (Wildman–Crippen LogP) is 4.30. The van der Waals surface area contributed by atoms with Gasteiger partial charge in [-0.05, 0) is 37.9 Å². The molecule has 2 aromatic heterocycles. The molecule has 1 N–H and O–H groups in total. The maximum Gasteiger partial charge on any atom is 0.195 e. The van der Waals surface area contributed by atoms with E-state index in [9.17, 15) is 0 Å². The van der Waals surface area contributed by atoms with E-state index in [1.807, 2.05) is 0 Å². The van der Waals surface area contributed by atoms with Gasteiger partial charge in [-0.2, -0.15) is 5.10 Å². The SMILES string of the molecule is CCCCn1c(-c2sc(CC)nc2C2CC2)n[nH]c1=S. The fourth-order valence-electron chi connectivity index (χ4n) is 2.34. The first-order valence-corrected chi connectivity index (χ1v) is 8.62. The Kier molecular flexibility index (Phi) is 4.03. The van der Waals surface area contributed by atoms with Crippen molar-refractivity contribution in [1.82, 2.24) is 19.7 Å². The molecule has 3 rings (SSSR count). The molecule has 2 heterocycles. The Labute approximate surface area is 128 Å². The minimum atomic E-state index is 0.645. The van der Waals surface area contributed by atoms with Crippen LogP contribution in [0.2, 0.25) is 0 Å². The standard InChI is InChI=1S/C14H20N4S2/c1-3-5-8-18-13(16-17-14(18)19)12-11(9-6-7-9)15-10(4-2)20-12/h9H,3-8H2,1-2H3,(H,17,19). The molecule has 6 heteroatoms. The minimum Gasteiger partial charge on any atom is -0.299 e. The van der Waals surface area contributed by atoms with Gasteiger partial charge < -0.3 is 0 Å². The average molecular weight is 308 g/mol. The van der Waals surface area contributed by atoms with Gasteiger partial charge in [0.05, 0.1) is 15.6 Å². The van der Waals surface area contributed by atoms with Crippen molar-refractivity contribution in [3.05, 3.63) is 15.5 Å². The second-order valence-corrected chi connectivity index (χ2v) is 6.78. The Hall–Kier alpha value is -1.01. The van der Waals surface area contributed by atoms with Crippen LogP contribution in [0.25, 0.3) is 10.7 Å². The van der Waals surface area contributed by atoms with Crippen LogP contribution < -0.4 is 0 Å². The van der Waals surface area contributed by atoms with Gasteiger partial charge in [-0.25, -0.2) is 4.98 Å². The number of aryl methyl sites for hydroxylation is 1. The molecule has 0 radical (unpaired) electrons. The molecule has 1 saturated carbocycles. The van der Waals surface area contributed by atoms with Crippen molar-refractivity contribution in [3.63, 3.8) is 0 Å². The topological polar surface area (TPSA) is 46.5 Å². The van der Waals surface area contributed by atoms with Crippen molar-refractivity contribution in [2.75, 3.05) is 0 Å². The molecule has 0 spiro atoms. The number of nitrogens with one attached hydrogen (secondary N) is 1. The van der Waals surface area contributed by atoms with E-state index in [0.717, 1.165) is 36.4 Å². The Morgan fingerprint density at radius 2 is 2.20 bits per heavy atom. The molecule has 0 bridgehead atoms. The smallest absolute Gasteiger partial charge is 0.195 e. The van der Waals surface area contributed by atoms with Gasteiger partial charge in [0.2, 0.25) is 0 Å². The number of aromatic nitrogens is 4. The molecular weight excluding hydrogens is 288 g/mol. The molecule has 2 aromatic rings. The van der Waals surface area contributed by atoms with Gasteiger partial charge in [0.15, 0.2) is 10.6 Å². The molecular formula is C14H20N4S2. The van der Waals surface area contributed by atoms with Gasteiger partial charge in [0.25, 0.3) is 0 Å². The van der Waals surface area contributed by atoms with E-state index in [-0.39, 0.29) is 0 Å². The van der Waals surface area contributed by atoms with E-state index < -0.39 is 0 Å². The van der Waals surface area contributed by atoms with E-state index >= 15 is 0 Å². The number of H-pyrrole nitrogens is 1. The second kappa shape index (κ2) is 5.77. The second-order valence-electron chi connectivity index (χ2n) is 5.31. The van der Waals surface area contributed by atoms with Crippen molar-refractivity contribution < 1.29 is 0 Å². The summed E-state index contributed by atoms with van der Waals surface area (Å²) in [6.45, 7) is 5.29. The van der Waals surface area contributed by atoms with Gasteiger partial charge in [0.1, 0.15) is 0 Å². The lowest BCUT2D eigenvalue weighted by Gasteiger charge is -2.05. The van der Waals surface area contributed by atoms with Gasteiger partial charge >= 0.3 is 0 Å². The van der Waals surface area contributed by atoms with Gasteiger partial charge in [-0.1, -0.05) is 20.3 Å². The summed E-state index contributed by atoms with van der Waals surface area (Å²) < 4.78 is 2.86. The monoisotopic (exact) mass is 308 g/mol. The van der Waals surface area contributed by atoms with Crippen LogP contribution in [-0.4, -0.2) is 19.7 Å². The molecule has 0 saturated heterocycles. The zero-order chi connectivity index (χ0) is 14.1. The summed E-state index contributed by atoms with van der Waals surface area (Å²) in [6.07, 6.45) is 5.80. The third-order valence-electron chi connectivity index (χ3n) is 3.66. The fraction of sp³-hybridized carbons (Fsp3) is 0.643. The van der Waals surface area contributed by atoms with Gasteiger partial charge in [-0.15, -0.1) is 11.3 Å². The minimum absolute atomic E-state index is 0.645. The summed E-state index contributed by atoms with van der Waals surface area (Å²) in [5, 5.41) is 8.63. The highest BCUT2D eigenvalue weighted by atomic mass is 32.1. The van der Waals surface area contributed by atoms with E-state index in [0.29, 0.717) is 5.92 Å². The number of hydrogen-bond acceptors (Lipinski definition) is 4. The van der Waals surface area contributed by atoms with Crippen LogP contribution in [0.4, 0.5) is 0 Å². The predicted molar refractivity (Wildman–Crippen MR) is 84.8 cm³/mol. The highest BCUT2D eigenvalue weighted by molar-refractivity contribution is 7.71. The van der Waals surface area contributed by atoms with Crippen molar-refractivity contribution >= 4 is 23.6 Å². The summed E-state index contributed by atoms with van der Waals surface area (Å²) in [4.78, 5) is 6.04. The lowest BCUT2D eigenvalue weighted by molar-refractivity contribution is 0.629. The van der Waals surface area contributed by atoms with Crippen molar-refractivity contribution in [2.45, 2.75) is 58.4 Å². The highest BCUT2D eigenvalue weighted by Crippen LogP contribution is 2.45. The van der Waals surface area contributed by atoms with Crippen molar-refractivity contribution in [3.8, 4) is 10.7 Å². The number of hydrogen-bond donors (Lipinski definition) is 1. The summed E-state index contributed by atoms with van der Waals surface area (Å²) >= 11 is 7.16. The molecule has 1 fully saturated rings. The normalized spacial score (nSPS) is 14.9. The molecule has 4 nitrogen and oxygen atoms in total. The van der Waals surface area contributed by atoms with Crippen molar-refractivity contribution in [1.29, 1.82) is 0 Å². The molecule has 0 unspecified atom stereocenters. The number of rotatable bonds is 6. The molecule has 0 aromatic carbocycles. The zero-order valence-electron chi connectivity index (χ0n) is 12.0. The molecule has 0 atom stereocenters. The van der Waals surface area contributed by atoms with Crippen LogP contribution in [0, 0.1) is 4.77 Å². The largest absolute Gasteiger partial charge is 0.299 e. The van der Waals surface area contributed by atoms with E-state index in [1.165, 1.54) is 28.4 Å². The van der Waals surface area contributed by atoms with Crippen LogP contribution in [0.5, 0.6) is 0 Å². The Morgan fingerprint density at radius 3 is 2.85 bits per heavy atom. The highest BCUT2D eigenvalue weighted by Gasteiger charge is 2.31. The number of aromatic amines is 1. The Bertz CT molecular complexity index is 648. The first-order valence-electron chi connectivity index (χ1n) is 7.39. The van der Waals surface area contributed by atoms with Gasteiger partial charge in [0, 0.05) is 12.5 Å².